The van der Waals surface area contributed by atoms with E-state index in [1.54, 1.807) is 37.3 Å². The van der Waals surface area contributed by atoms with Gasteiger partial charge in [-0.25, -0.2) is 17.5 Å². The van der Waals surface area contributed by atoms with Crippen molar-refractivity contribution < 1.29 is 27.5 Å². The summed E-state index contributed by atoms with van der Waals surface area (Å²) < 4.78 is 36.0. The van der Waals surface area contributed by atoms with Crippen LogP contribution in [0.25, 0.3) is 6.08 Å². The highest BCUT2D eigenvalue weighted by Crippen LogP contribution is 2.27. The van der Waals surface area contributed by atoms with E-state index in [0.29, 0.717) is 12.3 Å². The van der Waals surface area contributed by atoms with Crippen molar-refractivity contribution in [2.75, 3.05) is 33.1 Å². The third-order valence-electron chi connectivity index (χ3n) is 4.05. The predicted molar refractivity (Wildman–Crippen MR) is 114 cm³/mol. The lowest BCUT2D eigenvalue weighted by Gasteiger charge is -2.15. The van der Waals surface area contributed by atoms with Crippen LogP contribution in [0.15, 0.2) is 53.4 Å². The van der Waals surface area contributed by atoms with E-state index >= 15 is 0 Å². The van der Waals surface area contributed by atoms with Crippen molar-refractivity contribution in [3.8, 4) is 5.75 Å². The molecule has 0 bridgehead atoms. The maximum absolute atomic E-state index is 12.6. The summed E-state index contributed by atoms with van der Waals surface area (Å²) >= 11 is 0. The van der Waals surface area contributed by atoms with E-state index in [9.17, 15) is 18.0 Å². The Kier molecular flexibility index (Phi) is 7.73. The van der Waals surface area contributed by atoms with Gasteiger partial charge in [0.2, 0.25) is 10.0 Å². The molecule has 0 aliphatic heterocycles. The largest absolute Gasteiger partial charge is 0.495 e. The van der Waals surface area contributed by atoms with E-state index in [1.807, 2.05) is 0 Å². The van der Waals surface area contributed by atoms with Crippen molar-refractivity contribution in [2.45, 2.75) is 11.8 Å². The van der Waals surface area contributed by atoms with Crippen molar-refractivity contribution in [2.24, 2.45) is 0 Å². The summed E-state index contributed by atoms with van der Waals surface area (Å²) in [5.74, 6) is -0.751. The first-order valence-corrected chi connectivity index (χ1v) is 10.5. The number of esters is 1. The molecule has 160 valence electrons. The Hall–Kier alpha value is -3.17. The Morgan fingerprint density at radius 2 is 1.77 bits per heavy atom. The van der Waals surface area contributed by atoms with E-state index < -0.39 is 21.9 Å². The second-order valence-electron chi connectivity index (χ2n) is 6.31. The molecule has 1 amide bonds. The summed E-state index contributed by atoms with van der Waals surface area (Å²) in [6.45, 7) is 2.03. The molecule has 0 unspecified atom stereocenters. The van der Waals surface area contributed by atoms with Crippen LogP contribution in [0, 0.1) is 0 Å². The van der Waals surface area contributed by atoms with Gasteiger partial charge in [0, 0.05) is 31.4 Å². The third-order valence-corrected chi connectivity index (χ3v) is 5.89. The Labute approximate surface area is 176 Å². The van der Waals surface area contributed by atoms with Crippen LogP contribution in [-0.2, 0) is 19.6 Å². The zero-order valence-electron chi connectivity index (χ0n) is 17.2. The molecule has 0 saturated carbocycles. The van der Waals surface area contributed by atoms with Crippen molar-refractivity contribution in [1.82, 2.24) is 4.31 Å². The lowest BCUT2D eigenvalue weighted by molar-refractivity contribution is -0.137. The molecule has 2 aromatic rings. The van der Waals surface area contributed by atoms with Crippen LogP contribution in [0.3, 0.4) is 0 Å². The van der Waals surface area contributed by atoms with Gasteiger partial charge in [-0.05, 0) is 48.9 Å². The number of benzene rings is 2. The van der Waals surface area contributed by atoms with E-state index in [1.165, 1.54) is 45.5 Å². The Morgan fingerprint density at radius 1 is 1.10 bits per heavy atom. The second kappa shape index (κ2) is 10.0. The minimum Gasteiger partial charge on any atom is -0.495 e. The number of sulfonamides is 1. The maximum Gasteiger partial charge on any atom is 0.330 e. The van der Waals surface area contributed by atoms with Crippen LogP contribution in [-0.4, -0.2) is 52.4 Å². The average molecular weight is 432 g/mol. The number of rotatable bonds is 8. The molecule has 0 radical (unpaired) electrons. The lowest BCUT2D eigenvalue weighted by Crippen LogP contribution is -2.23. The number of methoxy groups -OCH3 is 1. The normalized spacial score (nSPS) is 11.5. The van der Waals surface area contributed by atoms with E-state index in [0.717, 1.165) is 9.87 Å². The zero-order valence-corrected chi connectivity index (χ0v) is 18.0. The van der Waals surface area contributed by atoms with Crippen LogP contribution in [0.5, 0.6) is 5.75 Å². The van der Waals surface area contributed by atoms with Gasteiger partial charge in [0.1, 0.15) is 10.6 Å². The highest BCUT2D eigenvalue weighted by atomic mass is 32.2. The van der Waals surface area contributed by atoms with Crippen molar-refractivity contribution in [3.05, 3.63) is 59.7 Å². The van der Waals surface area contributed by atoms with Crippen LogP contribution < -0.4 is 10.1 Å². The molecule has 0 aromatic heterocycles. The van der Waals surface area contributed by atoms with E-state index in [-0.39, 0.29) is 16.2 Å². The van der Waals surface area contributed by atoms with Crippen LogP contribution >= 0.6 is 0 Å². The molecule has 2 aromatic carbocycles. The van der Waals surface area contributed by atoms with Gasteiger partial charge in [-0.15, -0.1) is 0 Å². The number of amides is 1. The van der Waals surface area contributed by atoms with Gasteiger partial charge in [0.05, 0.1) is 13.7 Å². The highest BCUT2D eigenvalue weighted by Gasteiger charge is 2.24. The topological polar surface area (TPSA) is 102 Å². The van der Waals surface area contributed by atoms with Gasteiger partial charge in [0.15, 0.2) is 0 Å². The predicted octanol–water partition coefficient (Wildman–Crippen LogP) is 2.77. The summed E-state index contributed by atoms with van der Waals surface area (Å²) in [6, 6.07) is 11.0. The molecular formula is C21H24N2O6S. The standard InChI is InChI=1S/C21H24N2O6S/c1-5-29-20(24)13-8-15-6-10-17(11-7-15)22-21(25)16-9-12-18(28-4)19(14-16)30(26,27)23(2)3/h6-14H,5H2,1-4H3,(H,22,25)/b13-8+. The van der Waals surface area contributed by atoms with Crippen LogP contribution in [0.2, 0.25) is 0 Å². The molecule has 0 saturated heterocycles. The number of carbonyl (C=O) groups is 2. The monoisotopic (exact) mass is 432 g/mol. The number of anilines is 1. The summed E-state index contributed by atoms with van der Waals surface area (Å²) in [7, 11) is 0.378. The van der Waals surface area contributed by atoms with Crippen molar-refractivity contribution >= 4 is 33.7 Å². The second-order valence-corrected chi connectivity index (χ2v) is 8.43. The number of ether oxygens (including phenoxy) is 2. The SMILES string of the molecule is CCOC(=O)/C=C/c1ccc(NC(=O)c2ccc(OC)c(S(=O)(=O)N(C)C)c2)cc1. The molecule has 0 aliphatic carbocycles. The van der Waals surface area contributed by atoms with Gasteiger partial charge in [-0.2, -0.15) is 0 Å². The molecule has 0 atom stereocenters. The number of carbonyl (C=O) groups excluding carboxylic acids is 2. The van der Waals surface area contributed by atoms with Gasteiger partial charge >= 0.3 is 5.97 Å². The Bertz CT molecular complexity index is 1040. The number of hydrogen-bond acceptors (Lipinski definition) is 6. The fraction of sp³-hybridized carbons (Fsp3) is 0.238. The first-order chi connectivity index (χ1) is 14.2. The molecule has 0 heterocycles. The van der Waals surface area contributed by atoms with Gasteiger partial charge in [-0.3, -0.25) is 4.79 Å². The van der Waals surface area contributed by atoms with Crippen LogP contribution in [0.4, 0.5) is 5.69 Å². The molecule has 0 aliphatic rings. The first-order valence-electron chi connectivity index (χ1n) is 9.06. The molecule has 2 rings (SSSR count). The maximum atomic E-state index is 12.6. The molecule has 1 N–H and O–H groups in total. The lowest BCUT2D eigenvalue weighted by atomic mass is 10.1. The minimum absolute atomic E-state index is 0.0953. The summed E-state index contributed by atoms with van der Waals surface area (Å²) in [5, 5.41) is 2.71. The first kappa shape index (κ1) is 23.1. The third kappa shape index (κ3) is 5.68. The molecule has 30 heavy (non-hydrogen) atoms. The van der Waals surface area contributed by atoms with Gasteiger partial charge in [0.25, 0.3) is 5.91 Å². The van der Waals surface area contributed by atoms with Crippen LogP contribution in [0.1, 0.15) is 22.8 Å². The Balaban J connectivity index is 2.19. The minimum atomic E-state index is -3.79. The number of nitrogens with one attached hydrogen (secondary N) is 1. The fourth-order valence-electron chi connectivity index (χ4n) is 2.45. The molecule has 8 nitrogen and oxygen atoms in total. The zero-order chi connectivity index (χ0) is 22.3. The van der Waals surface area contributed by atoms with E-state index in [4.69, 9.17) is 9.47 Å². The number of hydrogen-bond donors (Lipinski definition) is 1. The molecule has 0 fully saturated rings. The Morgan fingerprint density at radius 3 is 2.33 bits per heavy atom. The summed E-state index contributed by atoms with van der Waals surface area (Å²) in [4.78, 5) is 23.9. The van der Waals surface area contributed by atoms with Crippen molar-refractivity contribution in [1.29, 1.82) is 0 Å². The van der Waals surface area contributed by atoms with Crippen molar-refractivity contribution in [3.63, 3.8) is 0 Å². The summed E-state index contributed by atoms with van der Waals surface area (Å²) in [6.07, 6.45) is 2.92. The highest BCUT2D eigenvalue weighted by molar-refractivity contribution is 7.89. The fourth-order valence-corrected chi connectivity index (χ4v) is 3.53. The molecule has 9 heteroatoms. The molecule has 0 spiro atoms. The van der Waals surface area contributed by atoms with E-state index in [2.05, 4.69) is 5.32 Å². The summed E-state index contributed by atoms with van der Waals surface area (Å²) in [5.41, 5.74) is 1.44. The van der Waals surface area contributed by atoms with Gasteiger partial charge < -0.3 is 14.8 Å². The average Bonchev–Trinajstić information content (AvgIpc) is 2.72. The molecular weight excluding hydrogens is 408 g/mol. The quantitative estimate of drug-likeness (QED) is 0.508. The number of nitrogens with zero attached hydrogens (tertiary/aromatic N) is 1. The van der Waals surface area contributed by atoms with Gasteiger partial charge in [-0.1, -0.05) is 12.1 Å². The smallest absolute Gasteiger partial charge is 0.330 e.